The zero-order chi connectivity index (χ0) is 3.58. The van der Waals surface area contributed by atoms with Crippen LogP contribution in [-0.2, 0) is 0 Å². The minimum Gasteiger partial charge on any atom is -0.344 e. The first-order chi connectivity index (χ1) is 1.73. The summed E-state index contributed by atoms with van der Waals surface area (Å²) in [6.45, 7) is 7.75. The van der Waals surface area contributed by atoms with Crippen molar-refractivity contribution < 1.29 is 0 Å². The van der Waals surface area contributed by atoms with Crippen LogP contribution in [0, 0.1) is 12.8 Å². The van der Waals surface area contributed by atoms with E-state index in [1.807, 2.05) is 0 Å². The molecule has 0 bridgehead atoms. The van der Waals surface area contributed by atoms with Gasteiger partial charge in [-0.1, -0.05) is 20.8 Å². The molecule has 0 rings (SSSR count). The fourth-order valence-corrected chi connectivity index (χ4v) is 0. The number of hydrogen-bond donors (Lipinski definition) is 1. The van der Waals surface area contributed by atoms with Crippen molar-refractivity contribution in [2.24, 2.45) is 5.92 Å². The van der Waals surface area contributed by atoms with Crippen molar-refractivity contribution in [1.29, 1.82) is 0 Å². The second-order valence-corrected chi connectivity index (χ2v) is 1.39. The highest BCUT2D eigenvalue weighted by molar-refractivity contribution is 4.38. The molecular weight excluding hydrogens is 62.1 g/mol. The normalized spacial score (nSPS) is 7.20. The molecule has 1 nitrogen and oxygen atoms in total. The SMILES string of the molecule is N.[CH2]C(C)C. The van der Waals surface area contributed by atoms with Gasteiger partial charge in [0.2, 0.25) is 0 Å². The molecule has 0 aliphatic heterocycles. The Labute approximate surface area is 34.0 Å². The van der Waals surface area contributed by atoms with E-state index in [-0.39, 0.29) is 6.15 Å². The Hall–Kier alpha value is -0.0400. The maximum Gasteiger partial charge on any atom is -0.0471 e. The van der Waals surface area contributed by atoms with Crippen molar-refractivity contribution in [1.82, 2.24) is 6.15 Å². The van der Waals surface area contributed by atoms with Crippen LogP contribution in [0.25, 0.3) is 0 Å². The van der Waals surface area contributed by atoms with E-state index in [0.29, 0.717) is 5.92 Å². The molecule has 1 radical (unpaired) electrons. The molecule has 0 unspecified atom stereocenters. The minimum absolute atomic E-state index is 0. The van der Waals surface area contributed by atoms with Crippen molar-refractivity contribution in [2.75, 3.05) is 0 Å². The Morgan fingerprint density at radius 2 is 1.40 bits per heavy atom. The topological polar surface area (TPSA) is 35.0 Å². The average Bonchev–Trinajstić information content (AvgIpc) is 0.811. The van der Waals surface area contributed by atoms with Crippen molar-refractivity contribution in [3.8, 4) is 0 Å². The van der Waals surface area contributed by atoms with Gasteiger partial charge in [-0.2, -0.15) is 0 Å². The molecule has 0 saturated heterocycles. The summed E-state index contributed by atoms with van der Waals surface area (Å²) in [5, 5.41) is 0. The second kappa shape index (κ2) is 3.96. The summed E-state index contributed by atoms with van der Waals surface area (Å²) in [6.07, 6.45) is 0. The van der Waals surface area contributed by atoms with Crippen LogP contribution in [0.5, 0.6) is 0 Å². The first-order valence-corrected chi connectivity index (χ1v) is 1.56. The summed E-state index contributed by atoms with van der Waals surface area (Å²) in [6, 6.07) is 0. The molecule has 0 fully saturated rings. The zero-order valence-electron chi connectivity index (χ0n) is 3.99. The van der Waals surface area contributed by atoms with Crippen molar-refractivity contribution >= 4 is 0 Å². The molecule has 0 aromatic rings. The van der Waals surface area contributed by atoms with E-state index >= 15 is 0 Å². The van der Waals surface area contributed by atoms with E-state index in [1.165, 1.54) is 0 Å². The predicted molar refractivity (Wildman–Crippen MR) is 25.2 cm³/mol. The first kappa shape index (κ1) is 8.88. The molecule has 0 aromatic heterocycles. The molecule has 0 atom stereocenters. The van der Waals surface area contributed by atoms with Gasteiger partial charge >= 0.3 is 0 Å². The van der Waals surface area contributed by atoms with Crippen molar-refractivity contribution in [3.05, 3.63) is 6.92 Å². The molecule has 0 amide bonds. The fourth-order valence-electron chi connectivity index (χ4n) is 0. The quantitative estimate of drug-likeness (QED) is 0.465. The first-order valence-electron chi connectivity index (χ1n) is 1.56. The van der Waals surface area contributed by atoms with Gasteiger partial charge < -0.3 is 6.15 Å². The Balaban J connectivity index is 0. The van der Waals surface area contributed by atoms with Crippen LogP contribution in [0.3, 0.4) is 0 Å². The Kier molecular flexibility index (Phi) is 7.03. The molecule has 0 aliphatic carbocycles. The third-order valence-electron chi connectivity index (χ3n) is 0. The average molecular weight is 74.1 g/mol. The summed E-state index contributed by atoms with van der Waals surface area (Å²) in [5.41, 5.74) is 0. The zero-order valence-corrected chi connectivity index (χ0v) is 3.99. The number of hydrogen-bond acceptors (Lipinski definition) is 1. The summed E-state index contributed by atoms with van der Waals surface area (Å²) >= 11 is 0. The van der Waals surface area contributed by atoms with Crippen LogP contribution in [0.1, 0.15) is 13.8 Å². The van der Waals surface area contributed by atoms with Crippen LogP contribution >= 0.6 is 0 Å². The van der Waals surface area contributed by atoms with Crippen molar-refractivity contribution in [3.63, 3.8) is 0 Å². The third-order valence-corrected chi connectivity index (χ3v) is 0. The highest BCUT2D eigenvalue weighted by Crippen LogP contribution is 1.80. The Morgan fingerprint density at radius 1 is 1.40 bits per heavy atom. The molecule has 5 heavy (non-hydrogen) atoms. The lowest BCUT2D eigenvalue weighted by Crippen LogP contribution is -1.67. The summed E-state index contributed by atoms with van der Waals surface area (Å²) in [5.74, 6) is 0.583. The monoisotopic (exact) mass is 74.1 g/mol. The van der Waals surface area contributed by atoms with Crippen LogP contribution < -0.4 is 6.15 Å². The van der Waals surface area contributed by atoms with E-state index in [0.717, 1.165) is 0 Å². The molecule has 33 valence electrons. The van der Waals surface area contributed by atoms with E-state index in [9.17, 15) is 0 Å². The molecule has 0 spiro atoms. The van der Waals surface area contributed by atoms with Crippen LogP contribution in [-0.4, -0.2) is 0 Å². The van der Waals surface area contributed by atoms with Gasteiger partial charge in [0, 0.05) is 0 Å². The molecular formula is C4H12N. The third kappa shape index (κ3) is 9510. The summed E-state index contributed by atoms with van der Waals surface area (Å²) in [4.78, 5) is 0. The van der Waals surface area contributed by atoms with Gasteiger partial charge in [-0.15, -0.1) is 0 Å². The van der Waals surface area contributed by atoms with Gasteiger partial charge in [0.1, 0.15) is 0 Å². The highest BCUT2D eigenvalue weighted by Gasteiger charge is 1.68. The molecule has 0 heterocycles. The smallest absolute Gasteiger partial charge is 0.0471 e. The maximum absolute atomic E-state index is 3.64. The lowest BCUT2D eigenvalue weighted by Gasteiger charge is -1.78. The minimum atomic E-state index is 0. The van der Waals surface area contributed by atoms with E-state index < -0.39 is 0 Å². The lowest BCUT2D eigenvalue weighted by atomic mass is 10.3. The van der Waals surface area contributed by atoms with Gasteiger partial charge in [0.25, 0.3) is 0 Å². The molecule has 1 heteroatoms. The summed E-state index contributed by atoms with van der Waals surface area (Å²) in [7, 11) is 0. The van der Waals surface area contributed by atoms with Gasteiger partial charge in [0.05, 0.1) is 0 Å². The molecule has 0 aliphatic rings. The Bertz CT molecular complexity index is 8.36. The molecule has 3 N–H and O–H groups in total. The van der Waals surface area contributed by atoms with E-state index in [2.05, 4.69) is 20.8 Å². The predicted octanol–water partition coefficient (Wildman–Crippen LogP) is 1.64. The Morgan fingerprint density at radius 3 is 1.40 bits per heavy atom. The lowest BCUT2D eigenvalue weighted by molar-refractivity contribution is 0.827. The maximum atomic E-state index is 3.64. The molecule has 0 aromatic carbocycles. The number of rotatable bonds is 0. The van der Waals surface area contributed by atoms with Gasteiger partial charge in [0.15, 0.2) is 0 Å². The van der Waals surface area contributed by atoms with Crippen LogP contribution in [0.15, 0.2) is 0 Å². The molecule has 0 saturated carbocycles. The van der Waals surface area contributed by atoms with Crippen LogP contribution in [0.2, 0.25) is 0 Å². The van der Waals surface area contributed by atoms with E-state index in [4.69, 9.17) is 0 Å². The largest absolute Gasteiger partial charge is 0.344 e. The van der Waals surface area contributed by atoms with Gasteiger partial charge in [-0.05, 0) is 5.92 Å². The van der Waals surface area contributed by atoms with Gasteiger partial charge in [-0.3, -0.25) is 0 Å². The van der Waals surface area contributed by atoms with Gasteiger partial charge in [-0.25, -0.2) is 0 Å². The fraction of sp³-hybridized carbons (Fsp3) is 0.750. The summed E-state index contributed by atoms with van der Waals surface area (Å²) < 4.78 is 0. The van der Waals surface area contributed by atoms with Crippen LogP contribution in [0.4, 0.5) is 0 Å². The van der Waals surface area contributed by atoms with E-state index in [1.54, 1.807) is 0 Å². The highest BCUT2D eigenvalue weighted by atomic mass is 14.0. The standard InChI is InChI=1S/C4H9.H3N/c1-4(2)3;/h4H,1H2,2-3H3;1H3. The second-order valence-electron chi connectivity index (χ2n) is 1.39. The van der Waals surface area contributed by atoms with Crippen molar-refractivity contribution in [2.45, 2.75) is 13.8 Å².